The molecule has 0 radical (unpaired) electrons. The molecule has 0 amide bonds. The molecule has 0 aliphatic rings. The molecule has 1 aromatic carbocycles. The van der Waals surface area contributed by atoms with E-state index in [4.69, 9.17) is 5.26 Å². The van der Waals surface area contributed by atoms with Crippen LogP contribution in [-0.4, -0.2) is 28.6 Å². The Morgan fingerprint density at radius 2 is 2.12 bits per heavy atom. The Morgan fingerprint density at radius 1 is 1.35 bits per heavy atom. The maximum absolute atomic E-state index is 11.7. The van der Waals surface area contributed by atoms with Crippen LogP contribution in [0, 0.1) is 11.3 Å². The minimum Gasteiger partial charge on any atom is -0.318 e. The first kappa shape index (κ1) is 13.6. The van der Waals surface area contributed by atoms with E-state index in [1.54, 1.807) is 31.3 Å². The van der Waals surface area contributed by atoms with E-state index in [1.807, 2.05) is 6.07 Å². The summed E-state index contributed by atoms with van der Waals surface area (Å²) < 4.78 is 25.8. The predicted molar refractivity (Wildman–Crippen MR) is 65.7 cm³/mol. The molecule has 0 heterocycles. The van der Waals surface area contributed by atoms with Crippen molar-refractivity contribution in [3.05, 3.63) is 35.4 Å². The van der Waals surface area contributed by atoms with Gasteiger partial charge in [-0.1, -0.05) is 12.1 Å². The Bertz CT molecular complexity index is 506. The topological polar surface area (TPSA) is 82.0 Å². The highest BCUT2D eigenvalue weighted by Gasteiger charge is 2.10. The van der Waals surface area contributed by atoms with Gasteiger partial charge in [-0.3, -0.25) is 0 Å². The fourth-order valence-electron chi connectivity index (χ4n) is 1.33. The summed E-state index contributed by atoms with van der Waals surface area (Å²) in [4.78, 5) is 0. The Morgan fingerprint density at radius 3 is 2.76 bits per heavy atom. The molecule has 6 heteroatoms. The molecule has 0 aliphatic heterocycles. The first-order chi connectivity index (χ1) is 8.07. The number of likely N-dealkylation sites (N-methyl/N-ethyl adjacent to an activating group) is 1. The van der Waals surface area contributed by atoms with E-state index in [-0.39, 0.29) is 5.75 Å². The van der Waals surface area contributed by atoms with E-state index in [0.29, 0.717) is 24.2 Å². The Balaban J connectivity index is 2.66. The van der Waals surface area contributed by atoms with E-state index in [2.05, 4.69) is 10.0 Å². The van der Waals surface area contributed by atoms with Crippen LogP contribution in [0.25, 0.3) is 0 Å². The summed E-state index contributed by atoms with van der Waals surface area (Å²) >= 11 is 0. The molecule has 0 fully saturated rings. The van der Waals surface area contributed by atoms with Crippen LogP contribution in [0.2, 0.25) is 0 Å². The summed E-state index contributed by atoms with van der Waals surface area (Å²) in [5.74, 6) is -0.105. The predicted octanol–water partition coefficient (Wildman–Crippen LogP) is 0.197. The van der Waals surface area contributed by atoms with E-state index in [9.17, 15) is 8.42 Å². The van der Waals surface area contributed by atoms with Gasteiger partial charge in [0.2, 0.25) is 10.0 Å². The highest BCUT2D eigenvalue weighted by Crippen LogP contribution is 2.07. The fourth-order valence-corrected chi connectivity index (χ4v) is 2.47. The lowest BCUT2D eigenvalue weighted by molar-refractivity contribution is 0.578. The number of benzene rings is 1. The van der Waals surface area contributed by atoms with Gasteiger partial charge in [0.25, 0.3) is 0 Å². The Labute approximate surface area is 102 Å². The third kappa shape index (κ3) is 4.95. The van der Waals surface area contributed by atoms with E-state index in [1.165, 1.54) is 0 Å². The van der Waals surface area contributed by atoms with Crippen LogP contribution in [0.3, 0.4) is 0 Å². The normalized spacial score (nSPS) is 11.1. The molecule has 5 nitrogen and oxygen atoms in total. The van der Waals surface area contributed by atoms with Crippen molar-refractivity contribution in [1.29, 1.82) is 5.26 Å². The molecule has 0 unspecified atom stereocenters. The van der Waals surface area contributed by atoms with Gasteiger partial charge in [-0.2, -0.15) is 5.26 Å². The van der Waals surface area contributed by atoms with Crippen molar-refractivity contribution in [2.75, 3.05) is 20.1 Å². The molecule has 0 aromatic heterocycles. The van der Waals surface area contributed by atoms with Crippen LogP contribution in [-0.2, 0) is 15.8 Å². The van der Waals surface area contributed by atoms with Crippen LogP contribution in [0.5, 0.6) is 0 Å². The molecule has 0 spiro atoms. The van der Waals surface area contributed by atoms with Gasteiger partial charge in [-0.05, 0) is 24.7 Å². The van der Waals surface area contributed by atoms with Gasteiger partial charge in [0.05, 0.1) is 17.4 Å². The lowest BCUT2D eigenvalue weighted by Crippen LogP contribution is -2.31. The molecular weight excluding hydrogens is 238 g/mol. The summed E-state index contributed by atoms with van der Waals surface area (Å²) in [7, 11) is -1.58. The minimum atomic E-state index is -3.33. The molecule has 0 aliphatic carbocycles. The molecule has 1 aromatic rings. The monoisotopic (exact) mass is 253 g/mol. The molecule has 92 valence electrons. The molecule has 0 bridgehead atoms. The van der Waals surface area contributed by atoms with Crippen molar-refractivity contribution in [3.8, 4) is 6.07 Å². The zero-order valence-corrected chi connectivity index (χ0v) is 10.4. The average Bonchev–Trinajstić information content (AvgIpc) is 2.29. The summed E-state index contributed by atoms with van der Waals surface area (Å²) in [6, 6.07) is 8.57. The Kier molecular flexibility index (Phi) is 5.10. The maximum Gasteiger partial charge on any atom is 0.215 e. The SMILES string of the molecule is CNCCNS(=O)(=O)Cc1cccc(C#N)c1. The molecule has 1 rings (SSSR count). The Hall–Kier alpha value is -1.42. The fraction of sp³-hybridized carbons (Fsp3) is 0.364. The van der Waals surface area contributed by atoms with Gasteiger partial charge < -0.3 is 5.32 Å². The van der Waals surface area contributed by atoms with Gasteiger partial charge in [0.15, 0.2) is 0 Å². The van der Waals surface area contributed by atoms with Crippen molar-refractivity contribution < 1.29 is 8.42 Å². The van der Waals surface area contributed by atoms with Crippen LogP contribution in [0.1, 0.15) is 11.1 Å². The van der Waals surface area contributed by atoms with Crippen LogP contribution < -0.4 is 10.0 Å². The number of hydrogen-bond acceptors (Lipinski definition) is 4. The zero-order valence-electron chi connectivity index (χ0n) is 9.60. The number of nitriles is 1. The largest absolute Gasteiger partial charge is 0.318 e. The van der Waals surface area contributed by atoms with Crippen molar-refractivity contribution in [2.24, 2.45) is 0 Å². The molecule has 0 saturated heterocycles. The van der Waals surface area contributed by atoms with Crippen LogP contribution in [0.4, 0.5) is 0 Å². The molecule has 0 atom stereocenters. The lowest BCUT2D eigenvalue weighted by Gasteiger charge is -2.06. The van der Waals surface area contributed by atoms with Crippen molar-refractivity contribution in [1.82, 2.24) is 10.0 Å². The third-order valence-corrected chi connectivity index (χ3v) is 3.47. The highest BCUT2D eigenvalue weighted by atomic mass is 32.2. The summed E-state index contributed by atoms with van der Waals surface area (Å²) in [5, 5.41) is 11.6. The molecule has 0 saturated carbocycles. The van der Waals surface area contributed by atoms with Gasteiger partial charge in [0.1, 0.15) is 0 Å². The highest BCUT2D eigenvalue weighted by molar-refractivity contribution is 7.88. The summed E-state index contributed by atoms with van der Waals surface area (Å²) in [5.41, 5.74) is 1.08. The molecule has 17 heavy (non-hydrogen) atoms. The first-order valence-corrected chi connectivity index (χ1v) is 6.83. The first-order valence-electron chi connectivity index (χ1n) is 5.18. The van der Waals surface area contributed by atoms with Crippen molar-refractivity contribution in [2.45, 2.75) is 5.75 Å². The zero-order chi connectivity index (χ0) is 12.7. The quantitative estimate of drug-likeness (QED) is 0.709. The second-order valence-electron chi connectivity index (χ2n) is 3.57. The van der Waals surface area contributed by atoms with Crippen LogP contribution >= 0.6 is 0 Å². The summed E-state index contributed by atoms with van der Waals surface area (Å²) in [6.45, 7) is 0.939. The molecule has 2 N–H and O–H groups in total. The van der Waals surface area contributed by atoms with Gasteiger partial charge in [-0.15, -0.1) is 0 Å². The van der Waals surface area contributed by atoms with Crippen molar-refractivity contribution >= 4 is 10.0 Å². The number of rotatable bonds is 6. The lowest BCUT2D eigenvalue weighted by atomic mass is 10.2. The number of hydrogen-bond donors (Lipinski definition) is 2. The molecular formula is C11H15N3O2S. The van der Waals surface area contributed by atoms with E-state index in [0.717, 1.165) is 0 Å². The number of nitrogens with zero attached hydrogens (tertiary/aromatic N) is 1. The average molecular weight is 253 g/mol. The van der Waals surface area contributed by atoms with Crippen molar-refractivity contribution in [3.63, 3.8) is 0 Å². The standard InChI is InChI=1S/C11H15N3O2S/c1-13-5-6-14-17(15,16)9-11-4-2-3-10(7-11)8-12/h2-4,7,13-14H,5-6,9H2,1H3. The number of sulfonamides is 1. The van der Waals surface area contributed by atoms with E-state index >= 15 is 0 Å². The smallest absolute Gasteiger partial charge is 0.215 e. The van der Waals surface area contributed by atoms with Gasteiger partial charge >= 0.3 is 0 Å². The maximum atomic E-state index is 11.7. The second-order valence-corrected chi connectivity index (χ2v) is 5.38. The second kappa shape index (κ2) is 6.35. The summed E-state index contributed by atoms with van der Waals surface area (Å²) in [6.07, 6.45) is 0. The van der Waals surface area contributed by atoms with Crippen LogP contribution in [0.15, 0.2) is 24.3 Å². The third-order valence-electron chi connectivity index (χ3n) is 2.11. The number of nitrogens with one attached hydrogen (secondary N) is 2. The van der Waals surface area contributed by atoms with Gasteiger partial charge in [0, 0.05) is 13.1 Å². The van der Waals surface area contributed by atoms with Gasteiger partial charge in [-0.25, -0.2) is 13.1 Å². The van der Waals surface area contributed by atoms with E-state index < -0.39 is 10.0 Å². The minimum absolute atomic E-state index is 0.105.